The van der Waals surface area contributed by atoms with Gasteiger partial charge in [-0.1, -0.05) is 40.0 Å². The summed E-state index contributed by atoms with van der Waals surface area (Å²) in [4.78, 5) is 2.77. The molecule has 2 nitrogen and oxygen atoms in total. The molecule has 0 aromatic heterocycles. The van der Waals surface area contributed by atoms with Crippen LogP contribution in [-0.2, 0) is 0 Å². The first-order valence-electron chi connectivity index (χ1n) is 8.69. The van der Waals surface area contributed by atoms with Crippen LogP contribution in [0.2, 0.25) is 0 Å². The Hall–Kier alpha value is 0.270. The van der Waals surface area contributed by atoms with Gasteiger partial charge in [0.2, 0.25) is 0 Å². The fraction of sp³-hybridized carbons (Fsp3) is 1.00. The smallest absolute Gasteiger partial charge is 0.0221 e. The van der Waals surface area contributed by atoms with E-state index >= 15 is 0 Å². The zero-order chi connectivity index (χ0) is 14.8. The van der Waals surface area contributed by atoms with E-state index in [1.54, 1.807) is 0 Å². The monoisotopic (exact) mass is 300 g/mol. The number of piperazine rings is 1. The Morgan fingerprint density at radius 3 is 2.60 bits per heavy atom. The van der Waals surface area contributed by atoms with Crippen molar-refractivity contribution in [1.82, 2.24) is 10.2 Å². The Balaban J connectivity index is 2.27. The Morgan fingerprint density at radius 2 is 1.95 bits per heavy atom. The van der Waals surface area contributed by atoms with Gasteiger partial charge < -0.3 is 5.32 Å². The van der Waals surface area contributed by atoms with Crippen molar-refractivity contribution in [3.05, 3.63) is 0 Å². The van der Waals surface area contributed by atoms with Crippen molar-refractivity contribution in [1.29, 1.82) is 0 Å². The molecule has 1 aliphatic rings. The van der Waals surface area contributed by atoms with Gasteiger partial charge in [0.1, 0.15) is 0 Å². The lowest BCUT2D eigenvalue weighted by molar-refractivity contribution is 0.104. The maximum atomic E-state index is 3.77. The summed E-state index contributed by atoms with van der Waals surface area (Å²) in [7, 11) is 0. The molecule has 1 N–H and O–H groups in total. The van der Waals surface area contributed by atoms with Gasteiger partial charge in [-0.15, -0.1) is 0 Å². The fourth-order valence-corrected chi connectivity index (χ4v) is 3.63. The zero-order valence-electron chi connectivity index (χ0n) is 14.2. The van der Waals surface area contributed by atoms with Crippen LogP contribution >= 0.6 is 11.8 Å². The second-order valence-corrected chi connectivity index (χ2v) is 7.35. The predicted molar refractivity (Wildman–Crippen MR) is 93.7 cm³/mol. The van der Waals surface area contributed by atoms with Gasteiger partial charge in [0.25, 0.3) is 0 Å². The minimum Gasteiger partial charge on any atom is -0.311 e. The van der Waals surface area contributed by atoms with E-state index in [1.165, 1.54) is 63.9 Å². The van der Waals surface area contributed by atoms with Crippen molar-refractivity contribution in [2.24, 2.45) is 5.92 Å². The molecule has 1 heterocycles. The summed E-state index contributed by atoms with van der Waals surface area (Å²) < 4.78 is 0. The van der Waals surface area contributed by atoms with Crippen LogP contribution in [0, 0.1) is 5.92 Å². The first-order valence-corrected chi connectivity index (χ1v) is 10.1. The van der Waals surface area contributed by atoms with Crippen LogP contribution in [0.15, 0.2) is 0 Å². The molecule has 20 heavy (non-hydrogen) atoms. The Morgan fingerprint density at radius 1 is 1.20 bits per heavy atom. The lowest BCUT2D eigenvalue weighted by atomic mass is 9.94. The summed E-state index contributed by atoms with van der Waals surface area (Å²) in [6.07, 6.45) is 10.4. The van der Waals surface area contributed by atoms with E-state index in [1.807, 2.05) is 11.8 Å². The van der Waals surface area contributed by atoms with Gasteiger partial charge in [-0.25, -0.2) is 0 Å². The molecule has 0 aromatic carbocycles. The molecular formula is C17H36N2S. The van der Waals surface area contributed by atoms with E-state index in [0.29, 0.717) is 6.04 Å². The second-order valence-electron chi connectivity index (χ2n) is 6.36. The summed E-state index contributed by atoms with van der Waals surface area (Å²) in [5.41, 5.74) is 0. The van der Waals surface area contributed by atoms with Gasteiger partial charge in [-0.05, 0) is 43.7 Å². The summed E-state index contributed by atoms with van der Waals surface area (Å²) >= 11 is 1.98. The van der Waals surface area contributed by atoms with E-state index in [4.69, 9.17) is 0 Å². The molecule has 1 rings (SSSR count). The highest BCUT2D eigenvalue weighted by Crippen LogP contribution is 2.18. The molecule has 0 spiro atoms. The van der Waals surface area contributed by atoms with Gasteiger partial charge in [-0.3, -0.25) is 4.90 Å². The molecule has 3 unspecified atom stereocenters. The van der Waals surface area contributed by atoms with Gasteiger partial charge in [0, 0.05) is 25.2 Å². The van der Waals surface area contributed by atoms with Crippen LogP contribution in [0.3, 0.4) is 0 Å². The Bertz CT molecular complexity index is 235. The molecule has 0 radical (unpaired) electrons. The lowest BCUT2D eigenvalue weighted by Gasteiger charge is -2.42. The number of unbranched alkanes of at least 4 members (excludes halogenated alkanes) is 3. The average Bonchev–Trinajstić information content (AvgIpc) is 2.49. The standard InChI is InChI=1S/C17H36N2S/c1-5-15(3)17-14-19(16(6-2)13-18-17)11-9-7-8-10-12-20-4/h15-18H,5-14H2,1-4H3. The number of thioether (sulfide) groups is 1. The van der Waals surface area contributed by atoms with Crippen molar-refractivity contribution in [2.75, 3.05) is 31.6 Å². The zero-order valence-corrected chi connectivity index (χ0v) is 15.0. The molecule has 1 saturated heterocycles. The van der Waals surface area contributed by atoms with Crippen LogP contribution in [0.4, 0.5) is 0 Å². The highest BCUT2D eigenvalue weighted by Gasteiger charge is 2.28. The first-order chi connectivity index (χ1) is 9.72. The van der Waals surface area contributed by atoms with E-state index in [0.717, 1.165) is 12.0 Å². The van der Waals surface area contributed by atoms with Crippen molar-refractivity contribution in [2.45, 2.75) is 71.4 Å². The fourth-order valence-electron chi connectivity index (χ4n) is 3.14. The normalized spacial score (nSPS) is 25.8. The molecule has 0 amide bonds. The highest BCUT2D eigenvalue weighted by molar-refractivity contribution is 7.98. The largest absolute Gasteiger partial charge is 0.311 e. The van der Waals surface area contributed by atoms with E-state index in [2.05, 4.69) is 37.2 Å². The van der Waals surface area contributed by atoms with Gasteiger partial charge in [0.05, 0.1) is 0 Å². The number of nitrogens with one attached hydrogen (secondary N) is 1. The summed E-state index contributed by atoms with van der Waals surface area (Å²) in [5.74, 6) is 2.14. The minimum absolute atomic E-state index is 0.708. The number of hydrogen-bond acceptors (Lipinski definition) is 3. The lowest BCUT2D eigenvalue weighted by Crippen LogP contribution is -2.58. The molecule has 3 heteroatoms. The molecule has 1 fully saturated rings. The molecule has 3 atom stereocenters. The molecule has 0 saturated carbocycles. The summed E-state index contributed by atoms with van der Waals surface area (Å²) in [5, 5.41) is 3.77. The number of hydrogen-bond donors (Lipinski definition) is 1. The third-order valence-corrected chi connectivity index (χ3v) is 5.61. The van der Waals surface area contributed by atoms with Crippen LogP contribution < -0.4 is 5.32 Å². The Kier molecular flexibility index (Phi) is 10.0. The van der Waals surface area contributed by atoms with Crippen LogP contribution in [-0.4, -0.2) is 48.6 Å². The van der Waals surface area contributed by atoms with Crippen LogP contribution in [0.1, 0.15) is 59.3 Å². The topological polar surface area (TPSA) is 15.3 Å². The molecule has 0 bridgehead atoms. The summed E-state index contributed by atoms with van der Waals surface area (Å²) in [6.45, 7) is 10.8. The van der Waals surface area contributed by atoms with Gasteiger partial charge >= 0.3 is 0 Å². The molecule has 120 valence electrons. The van der Waals surface area contributed by atoms with E-state index < -0.39 is 0 Å². The van der Waals surface area contributed by atoms with Gasteiger partial charge in [-0.2, -0.15) is 11.8 Å². The highest BCUT2D eigenvalue weighted by atomic mass is 32.2. The number of rotatable bonds is 10. The van der Waals surface area contributed by atoms with E-state index in [9.17, 15) is 0 Å². The molecule has 1 aliphatic heterocycles. The maximum absolute atomic E-state index is 3.77. The van der Waals surface area contributed by atoms with Crippen LogP contribution in [0.5, 0.6) is 0 Å². The maximum Gasteiger partial charge on any atom is 0.0221 e. The van der Waals surface area contributed by atoms with Crippen molar-refractivity contribution >= 4 is 11.8 Å². The Labute approximate surface area is 131 Å². The molecular weight excluding hydrogens is 264 g/mol. The second kappa shape index (κ2) is 10.9. The van der Waals surface area contributed by atoms with Gasteiger partial charge in [0.15, 0.2) is 0 Å². The molecule has 0 aliphatic carbocycles. The van der Waals surface area contributed by atoms with E-state index in [-0.39, 0.29) is 0 Å². The first kappa shape index (κ1) is 18.3. The predicted octanol–water partition coefficient (Wildman–Crippen LogP) is 4.01. The molecule has 0 aromatic rings. The van der Waals surface area contributed by atoms with Crippen molar-refractivity contribution in [3.63, 3.8) is 0 Å². The third kappa shape index (κ3) is 6.36. The average molecular weight is 301 g/mol. The quantitative estimate of drug-likeness (QED) is 0.614. The third-order valence-electron chi connectivity index (χ3n) is 4.91. The van der Waals surface area contributed by atoms with Crippen molar-refractivity contribution < 1.29 is 0 Å². The number of nitrogens with zero attached hydrogens (tertiary/aromatic N) is 1. The SMILES string of the molecule is CCC(C)C1CN(CCCCCCSC)C(CC)CN1. The van der Waals surface area contributed by atoms with Crippen LogP contribution in [0.25, 0.3) is 0 Å². The summed E-state index contributed by atoms with van der Waals surface area (Å²) in [6, 6.07) is 1.47. The van der Waals surface area contributed by atoms with Crippen molar-refractivity contribution in [3.8, 4) is 0 Å². The minimum atomic E-state index is 0.708.